The molecule has 3 heterocycles. The lowest BCUT2D eigenvalue weighted by Gasteiger charge is -2.19. The van der Waals surface area contributed by atoms with E-state index in [1.807, 2.05) is 38.1 Å². The molecule has 0 aliphatic carbocycles. The standard InChI is InChI=1S/C26H22N10O4S/c1-14-3-7-16(8-4-14)24(37)39-12-19-18(40-25(38)17-9-5-15(2)6-10-17)11-20(41-19)36-13-29-21-22(32-34-27)30-26(33-35-28)31-23(21)36/h3-10,13,18-20H,11-12H2,1-2H3/t18-,19+,20-/m0/s1. The first kappa shape index (κ1) is 27.5. The van der Waals surface area contributed by atoms with Crippen molar-refractivity contribution in [3.8, 4) is 0 Å². The zero-order chi connectivity index (χ0) is 28.9. The highest BCUT2D eigenvalue weighted by atomic mass is 32.2. The quantitative estimate of drug-likeness (QED) is 0.100. The van der Waals surface area contributed by atoms with Gasteiger partial charge in [-0.25, -0.2) is 24.5 Å². The first-order chi connectivity index (χ1) is 19.9. The molecule has 3 atom stereocenters. The molecule has 2 aromatic heterocycles. The van der Waals surface area contributed by atoms with Crippen LogP contribution in [0.3, 0.4) is 0 Å². The van der Waals surface area contributed by atoms with E-state index >= 15 is 0 Å². The van der Waals surface area contributed by atoms with Crippen LogP contribution in [0.15, 0.2) is 65.1 Å². The third-order valence-electron chi connectivity index (χ3n) is 6.37. The van der Waals surface area contributed by atoms with Gasteiger partial charge in [-0.3, -0.25) is 0 Å². The topological polar surface area (TPSA) is 194 Å². The average molecular weight is 571 g/mol. The van der Waals surface area contributed by atoms with Crippen LogP contribution in [0.25, 0.3) is 32.0 Å². The molecule has 1 aliphatic rings. The second-order valence-corrected chi connectivity index (χ2v) is 10.6. The van der Waals surface area contributed by atoms with Crippen molar-refractivity contribution in [2.24, 2.45) is 10.2 Å². The maximum absolute atomic E-state index is 13.0. The Hall–Kier alpha value is -5.10. The molecule has 0 amide bonds. The van der Waals surface area contributed by atoms with Gasteiger partial charge in [0.05, 0.1) is 28.1 Å². The molecular formula is C26H22N10O4S. The van der Waals surface area contributed by atoms with Crippen LogP contribution in [0.1, 0.15) is 43.6 Å². The maximum atomic E-state index is 13.0. The van der Waals surface area contributed by atoms with Gasteiger partial charge in [-0.15, -0.1) is 11.8 Å². The number of carbonyl (C=O) groups excluding carboxylic acids is 2. The lowest BCUT2D eigenvalue weighted by molar-refractivity contribution is 0.0205. The highest BCUT2D eigenvalue weighted by Crippen LogP contribution is 2.45. The van der Waals surface area contributed by atoms with Crippen molar-refractivity contribution >= 4 is 46.6 Å². The van der Waals surface area contributed by atoms with E-state index in [1.54, 1.807) is 28.8 Å². The predicted octanol–water partition coefficient (Wildman–Crippen LogP) is 6.41. The molecule has 1 aliphatic heterocycles. The van der Waals surface area contributed by atoms with Crippen molar-refractivity contribution < 1.29 is 19.1 Å². The second-order valence-electron chi connectivity index (χ2n) is 9.19. The summed E-state index contributed by atoms with van der Waals surface area (Å²) in [6.45, 7) is 3.83. The molecule has 0 unspecified atom stereocenters. The number of ether oxygens (including phenoxy) is 2. The molecule has 0 radical (unpaired) electrons. The molecule has 0 bridgehead atoms. The van der Waals surface area contributed by atoms with Crippen LogP contribution < -0.4 is 0 Å². The Kier molecular flexibility index (Phi) is 8.01. The minimum Gasteiger partial charge on any atom is -0.461 e. The minimum absolute atomic E-state index is 0.0186. The fourth-order valence-electron chi connectivity index (χ4n) is 4.27. The lowest BCUT2D eigenvalue weighted by Crippen LogP contribution is -2.29. The molecule has 0 N–H and O–H groups in total. The smallest absolute Gasteiger partial charge is 0.338 e. The summed E-state index contributed by atoms with van der Waals surface area (Å²) < 4.78 is 13.2. The van der Waals surface area contributed by atoms with Crippen LogP contribution in [0, 0.1) is 13.8 Å². The summed E-state index contributed by atoms with van der Waals surface area (Å²) in [6, 6.07) is 14.1. The number of rotatable bonds is 8. The Balaban J connectivity index is 1.43. The van der Waals surface area contributed by atoms with Gasteiger partial charge in [0, 0.05) is 16.2 Å². The third kappa shape index (κ3) is 6.07. The fourth-order valence-corrected chi connectivity index (χ4v) is 5.75. The van der Waals surface area contributed by atoms with E-state index in [4.69, 9.17) is 20.5 Å². The maximum Gasteiger partial charge on any atom is 0.338 e. The number of aromatic nitrogens is 4. The average Bonchev–Trinajstić information content (AvgIpc) is 3.57. The van der Waals surface area contributed by atoms with Crippen LogP contribution in [-0.4, -0.2) is 49.4 Å². The van der Waals surface area contributed by atoms with Crippen molar-refractivity contribution in [2.45, 2.75) is 37.0 Å². The Morgan fingerprint density at radius 3 is 2.24 bits per heavy atom. The largest absolute Gasteiger partial charge is 0.461 e. The highest BCUT2D eigenvalue weighted by molar-refractivity contribution is 8.00. The normalized spacial score (nSPS) is 17.9. The molecule has 2 aromatic carbocycles. The molecule has 5 rings (SSSR count). The molecule has 0 spiro atoms. The zero-order valence-electron chi connectivity index (χ0n) is 21.9. The Morgan fingerprint density at radius 2 is 1.61 bits per heavy atom. The number of hydrogen-bond acceptors (Lipinski definition) is 10. The van der Waals surface area contributed by atoms with Crippen LogP contribution in [-0.2, 0) is 9.47 Å². The number of nitrogens with zero attached hydrogens (tertiary/aromatic N) is 10. The zero-order valence-corrected chi connectivity index (χ0v) is 22.7. The Morgan fingerprint density at radius 1 is 0.976 bits per heavy atom. The van der Waals surface area contributed by atoms with E-state index in [-0.39, 0.29) is 34.9 Å². The lowest BCUT2D eigenvalue weighted by atomic mass is 10.1. The molecule has 0 saturated carbocycles. The van der Waals surface area contributed by atoms with E-state index < -0.39 is 23.3 Å². The number of aryl methyl sites for hydroxylation is 2. The van der Waals surface area contributed by atoms with Crippen molar-refractivity contribution in [1.82, 2.24) is 19.5 Å². The third-order valence-corrected chi connectivity index (χ3v) is 7.89. The van der Waals surface area contributed by atoms with E-state index in [0.29, 0.717) is 17.5 Å². The van der Waals surface area contributed by atoms with Crippen molar-refractivity contribution in [1.29, 1.82) is 0 Å². The first-order valence-electron chi connectivity index (χ1n) is 12.4. The van der Waals surface area contributed by atoms with E-state index in [1.165, 1.54) is 18.1 Å². The number of hydrogen-bond donors (Lipinski definition) is 0. The van der Waals surface area contributed by atoms with Crippen LogP contribution in [0.2, 0.25) is 0 Å². The van der Waals surface area contributed by atoms with Gasteiger partial charge in [0.15, 0.2) is 11.5 Å². The summed E-state index contributed by atoms with van der Waals surface area (Å²) in [4.78, 5) is 43.8. The van der Waals surface area contributed by atoms with Gasteiger partial charge < -0.3 is 14.0 Å². The summed E-state index contributed by atoms with van der Waals surface area (Å²) in [5.74, 6) is -1.32. The van der Waals surface area contributed by atoms with Gasteiger partial charge in [0.1, 0.15) is 18.2 Å². The molecule has 15 heteroatoms. The second kappa shape index (κ2) is 12.0. The fraction of sp³-hybridized carbons (Fsp3) is 0.269. The van der Waals surface area contributed by atoms with Gasteiger partial charge in [-0.05, 0) is 59.4 Å². The van der Waals surface area contributed by atoms with Crippen molar-refractivity contribution in [2.75, 3.05) is 6.61 Å². The Labute approximate surface area is 237 Å². The van der Waals surface area contributed by atoms with Crippen molar-refractivity contribution in [3.63, 3.8) is 0 Å². The van der Waals surface area contributed by atoms with Gasteiger partial charge >= 0.3 is 11.9 Å². The number of carbonyl (C=O) groups is 2. The van der Waals surface area contributed by atoms with Gasteiger partial charge in [-0.1, -0.05) is 35.4 Å². The number of fused-ring (bicyclic) bond motifs is 1. The summed E-state index contributed by atoms with van der Waals surface area (Å²) in [5, 5.41) is 6.20. The molecule has 14 nitrogen and oxygen atoms in total. The highest BCUT2D eigenvalue weighted by Gasteiger charge is 2.40. The van der Waals surface area contributed by atoms with E-state index in [2.05, 4.69) is 35.0 Å². The number of benzene rings is 2. The summed E-state index contributed by atoms with van der Waals surface area (Å²) in [5.41, 5.74) is 21.1. The summed E-state index contributed by atoms with van der Waals surface area (Å²) in [7, 11) is 0. The number of esters is 2. The summed E-state index contributed by atoms with van der Waals surface area (Å²) >= 11 is 1.41. The summed E-state index contributed by atoms with van der Waals surface area (Å²) in [6.07, 6.45) is 1.20. The molecular weight excluding hydrogens is 548 g/mol. The van der Waals surface area contributed by atoms with Crippen LogP contribution >= 0.6 is 11.8 Å². The Bertz CT molecular complexity index is 1710. The van der Waals surface area contributed by atoms with Gasteiger partial charge in [0.2, 0.25) is 5.95 Å². The SMILES string of the molecule is Cc1ccc(C(=O)OC[C@H]2S[C@H](n3cnc4c(N=[N+]=[N-])nc(N=[N+]=[N-])nc43)C[C@@H]2OC(=O)c2ccc(C)cc2)cc1. The molecule has 206 valence electrons. The van der Waals surface area contributed by atoms with Gasteiger partial charge in [-0.2, -0.15) is 0 Å². The molecule has 1 saturated heterocycles. The van der Waals surface area contributed by atoms with Crippen LogP contribution in [0.5, 0.6) is 0 Å². The number of azide groups is 2. The van der Waals surface area contributed by atoms with Gasteiger partial charge in [0.25, 0.3) is 0 Å². The number of imidazole rings is 1. The van der Waals surface area contributed by atoms with Crippen molar-refractivity contribution in [3.05, 3.63) is 98.0 Å². The molecule has 41 heavy (non-hydrogen) atoms. The first-order valence-corrected chi connectivity index (χ1v) is 13.3. The minimum atomic E-state index is -0.628. The predicted molar refractivity (Wildman–Crippen MR) is 150 cm³/mol. The van der Waals surface area contributed by atoms with E-state index in [0.717, 1.165) is 11.1 Å². The monoisotopic (exact) mass is 570 g/mol. The van der Waals surface area contributed by atoms with Crippen LogP contribution in [0.4, 0.5) is 11.8 Å². The van der Waals surface area contributed by atoms with E-state index in [9.17, 15) is 9.59 Å². The number of thioether (sulfide) groups is 1. The molecule has 4 aromatic rings. The molecule has 1 fully saturated rings.